The van der Waals surface area contributed by atoms with E-state index in [4.69, 9.17) is 9.15 Å². The average molecular weight is 525 g/mol. The third kappa shape index (κ3) is 5.15. The van der Waals surface area contributed by atoms with Gasteiger partial charge in [0.05, 0.1) is 12.7 Å². The van der Waals surface area contributed by atoms with Crippen molar-refractivity contribution in [1.29, 1.82) is 0 Å². The zero-order valence-corrected chi connectivity index (χ0v) is 19.0. The summed E-state index contributed by atoms with van der Waals surface area (Å²) < 4.78 is 49.1. The zero-order valence-electron chi connectivity index (χ0n) is 18.2. The number of aliphatic hydroxyl groups excluding tert-OH is 3. The van der Waals surface area contributed by atoms with E-state index in [0.717, 1.165) is 18.2 Å². The van der Waals surface area contributed by atoms with Gasteiger partial charge in [-0.3, -0.25) is 8.98 Å². The van der Waals surface area contributed by atoms with Crippen LogP contribution in [0.3, 0.4) is 0 Å². The summed E-state index contributed by atoms with van der Waals surface area (Å²) in [6.07, 6.45) is -8.54. The van der Waals surface area contributed by atoms with Crippen LogP contribution in [0.15, 0.2) is 45.6 Å². The van der Waals surface area contributed by atoms with E-state index < -0.39 is 64.5 Å². The summed E-state index contributed by atoms with van der Waals surface area (Å²) in [5.41, 5.74) is -0.309. The number of aromatic hydroxyl groups is 3. The number of fused-ring (bicyclic) bond motifs is 1. The second-order valence-corrected chi connectivity index (χ2v) is 9.23. The van der Waals surface area contributed by atoms with E-state index in [9.17, 15) is 48.4 Å². The largest absolute Gasteiger partial charge is 0.726 e. The van der Waals surface area contributed by atoms with E-state index >= 15 is 0 Å². The Kier molecular flexibility index (Phi) is 6.94. The zero-order chi connectivity index (χ0) is 26.4. The Labute approximate surface area is 203 Å². The summed E-state index contributed by atoms with van der Waals surface area (Å²) in [5, 5.41) is 59.3. The molecule has 0 spiro atoms. The van der Waals surface area contributed by atoms with Crippen molar-refractivity contribution in [2.45, 2.75) is 36.9 Å². The Morgan fingerprint density at radius 1 is 0.944 bits per heavy atom. The molecule has 36 heavy (non-hydrogen) atoms. The van der Waals surface area contributed by atoms with Gasteiger partial charge in [0.15, 0.2) is 16.9 Å². The molecule has 2 heterocycles. The Morgan fingerprint density at radius 3 is 2.31 bits per heavy atom. The van der Waals surface area contributed by atoms with Crippen LogP contribution in [0.4, 0.5) is 0 Å². The lowest BCUT2D eigenvalue weighted by Gasteiger charge is -2.42. The van der Waals surface area contributed by atoms with Crippen LogP contribution >= 0.6 is 0 Å². The lowest BCUT2D eigenvalue weighted by molar-refractivity contribution is -0.222. The molecule has 13 nitrogen and oxygen atoms in total. The van der Waals surface area contributed by atoms with Crippen molar-refractivity contribution in [3.63, 3.8) is 0 Å². The molecule has 2 aromatic carbocycles. The summed E-state index contributed by atoms with van der Waals surface area (Å²) in [6, 6.07) is 7.27. The molecule has 0 unspecified atom stereocenters. The molecule has 5 atom stereocenters. The minimum absolute atomic E-state index is 0.00851. The molecule has 4 rings (SSSR count). The van der Waals surface area contributed by atoms with Gasteiger partial charge >= 0.3 is 0 Å². The first-order chi connectivity index (χ1) is 16.9. The van der Waals surface area contributed by atoms with Crippen molar-refractivity contribution in [3.05, 3.63) is 52.2 Å². The van der Waals surface area contributed by atoms with Crippen LogP contribution < -0.4 is 5.43 Å². The van der Waals surface area contributed by atoms with Gasteiger partial charge in [0.1, 0.15) is 46.9 Å². The molecular formula is C22H21O13S-. The highest BCUT2D eigenvalue weighted by atomic mass is 32.3. The summed E-state index contributed by atoms with van der Waals surface area (Å²) in [4.78, 5) is 12.6. The van der Waals surface area contributed by atoms with E-state index in [2.05, 4.69) is 4.18 Å². The molecule has 0 radical (unpaired) electrons. The number of hydrogen-bond donors (Lipinski definition) is 6. The summed E-state index contributed by atoms with van der Waals surface area (Å²) in [7, 11) is -5.33. The van der Waals surface area contributed by atoms with E-state index in [-0.39, 0.29) is 40.0 Å². The van der Waals surface area contributed by atoms with Crippen molar-refractivity contribution >= 4 is 21.4 Å². The van der Waals surface area contributed by atoms with Gasteiger partial charge in [0.2, 0.25) is 10.4 Å². The molecule has 1 aliphatic heterocycles. The minimum atomic E-state index is -5.33. The third-order valence-corrected chi connectivity index (χ3v) is 6.22. The first-order valence-electron chi connectivity index (χ1n) is 10.5. The van der Waals surface area contributed by atoms with Gasteiger partial charge in [-0.2, -0.15) is 0 Å². The van der Waals surface area contributed by atoms with Crippen molar-refractivity contribution in [2.75, 3.05) is 6.61 Å². The second-order valence-electron chi connectivity index (χ2n) is 8.22. The summed E-state index contributed by atoms with van der Waals surface area (Å²) in [5.74, 6) is -1.36. The number of phenols is 3. The van der Waals surface area contributed by atoms with E-state index in [1.165, 1.54) is 18.2 Å². The highest BCUT2D eigenvalue weighted by Gasteiger charge is 2.46. The predicted octanol–water partition coefficient (Wildman–Crippen LogP) is -0.554. The fourth-order valence-electron chi connectivity index (χ4n) is 4.08. The van der Waals surface area contributed by atoms with Gasteiger partial charge in [0.25, 0.3) is 0 Å². The average Bonchev–Trinajstić information content (AvgIpc) is 2.79. The van der Waals surface area contributed by atoms with Gasteiger partial charge in [0, 0.05) is 18.1 Å². The Balaban J connectivity index is 1.75. The van der Waals surface area contributed by atoms with Gasteiger partial charge < -0.3 is 44.3 Å². The lowest BCUT2D eigenvalue weighted by atomic mass is 9.91. The molecule has 6 N–H and O–H groups in total. The van der Waals surface area contributed by atoms with Crippen molar-refractivity contribution < 1.29 is 56.9 Å². The topological polar surface area (TPSA) is 227 Å². The van der Waals surface area contributed by atoms with E-state index in [0.29, 0.717) is 0 Å². The van der Waals surface area contributed by atoms with Crippen molar-refractivity contribution in [1.82, 2.24) is 0 Å². The van der Waals surface area contributed by atoms with Gasteiger partial charge in [-0.05, 0) is 35.9 Å². The molecule has 0 aliphatic carbocycles. The van der Waals surface area contributed by atoms with Crippen LogP contribution in [0.25, 0.3) is 22.3 Å². The standard InChI is InChI=1S/C22H22O13S/c23-8-18-20(28)21(29)22(35-36(30,31)32)17(34-18)5-9-3-13(26)19-14(27)7-15(33-16(19)4-9)10-1-2-11(24)12(25)6-10/h1-4,6-7,17-18,20-26,28-29H,5,8H2,(H,30,31,32)/p-1/t17-,18+,20+,21-,22-/m0/s1. The van der Waals surface area contributed by atoms with Crippen LogP contribution in [-0.4, -0.2) is 80.7 Å². The van der Waals surface area contributed by atoms with Crippen molar-refractivity contribution in [3.8, 4) is 28.6 Å². The number of rotatable bonds is 6. The van der Waals surface area contributed by atoms with Crippen LogP contribution in [-0.2, 0) is 25.7 Å². The molecule has 1 saturated heterocycles. The SMILES string of the molecule is O=c1cc(-c2ccc(O)c(O)c2)oc2cc(C[C@@H]3O[C@H](CO)[C@@H](O)[C@H](O)[C@H]3OS(=O)(=O)[O-])cc(O)c12. The number of aliphatic hydroxyl groups is 3. The van der Waals surface area contributed by atoms with Crippen LogP contribution in [0.1, 0.15) is 5.56 Å². The molecular weight excluding hydrogens is 504 g/mol. The van der Waals surface area contributed by atoms with Crippen LogP contribution in [0, 0.1) is 0 Å². The molecule has 1 fully saturated rings. The van der Waals surface area contributed by atoms with E-state index in [1.807, 2.05) is 0 Å². The monoisotopic (exact) mass is 525 g/mol. The smallest absolute Gasteiger partial charge is 0.218 e. The molecule has 14 heteroatoms. The predicted molar refractivity (Wildman–Crippen MR) is 119 cm³/mol. The Morgan fingerprint density at radius 2 is 1.67 bits per heavy atom. The minimum Gasteiger partial charge on any atom is -0.726 e. The second kappa shape index (κ2) is 9.67. The molecule has 0 saturated carbocycles. The fraction of sp³-hybridized carbons (Fsp3) is 0.318. The summed E-state index contributed by atoms with van der Waals surface area (Å²) in [6.45, 7) is -0.744. The van der Waals surface area contributed by atoms with E-state index in [1.54, 1.807) is 0 Å². The molecule has 194 valence electrons. The van der Waals surface area contributed by atoms with Gasteiger partial charge in [-0.25, -0.2) is 8.42 Å². The molecule has 1 aromatic heterocycles. The first kappa shape index (κ1) is 25.8. The highest BCUT2D eigenvalue weighted by Crippen LogP contribution is 2.34. The first-order valence-corrected chi connectivity index (χ1v) is 11.8. The van der Waals surface area contributed by atoms with Gasteiger partial charge in [-0.15, -0.1) is 0 Å². The quantitative estimate of drug-likeness (QED) is 0.135. The summed E-state index contributed by atoms with van der Waals surface area (Å²) >= 11 is 0. The number of hydrogen-bond acceptors (Lipinski definition) is 13. The third-order valence-electron chi connectivity index (χ3n) is 5.76. The Hall–Kier alpha value is -3.24. The highest BCUT2D eigenvalue weighted by molar-refractivity contribution is 7.80. The van der Waals surface area contributed by atoms with Crippen LogP contribution in [0.2, 0.25) is 0 Å². The normalized spacial score (nSPS) is 24.7. The maximum absolute atomic E-state index is 12.6. The molecule has 1 aliphatic rings. The fourth-order valence-corrected chi connectivity index (χ4v) is 4.59. The van der Waals surface area contributed by atoms with Crippen molar-refractivity contribution in [2.24, 2.45) is 0 Å². The molecule has 0 bridgehead atoms. The lowest BCUT2D eigenvalue weighted by Crippen LogP contribution is -2.60. The Bertz CT molecular complexity index is 1450. The number of phenolic OH excluding ortho intramolecular Hbond substituents is 3. The maximum atomic E-state index is 12.6. The number of ether oxygens (including phenoxy) is 1. The maximum Gasteiger partial charge on any atom is 0.218 e. The molecule has 0 amide bonds. The number of benzene rings is 2. The van der Waals surface area contributed by atoms with Gasteiger partial charge in [-0.1, -0.05) is 0 Å². The van der Waals surface area contributed by atoms with Crippen LogP contribution in [0.5, 0.6) is 17.2 Å². The molecule has 3 aromatic rings.